The molecule has 194 valence electrons. The van der Waals surface area contributed by atoms with Gasteiger partial charge in [-0.05, 0) is 49.1 Å². The Hall–Kier alpha value is -4.22. The molecule has 2 N–H and O–H groups in total. The number of rotatable bonds is 9. The number of nitriles is 1. The SMILES string of the molecule is CCOC(=O)C1=C(c2ccccc2)NC(SCC(=O)Nc2c(C)cccc2CC)=C(C#N)[C@@H]1c1ccco1. The number of hydrogen-bond acceptors (Lipinski definition) is 7. The molecule has 3 aromatic rings. The lowest BCUT2D eigenvalue weighted by Crippen LogP contribution is -2.29. The van der Waals surface area contributed by atoms with Gasteiger partial charge < -0.3 is 19.8 Å². The molecule has 0 aliphatic carbocycles. The lowest BCUT2D eigenvalue weighted by atomic mass is 9.84. The number of nitrogens with one attached hydrogen (secondary N) is 2. The third-order valence-electron chi connectivity index (χ3n) is 6.19. The fourth-order valence-corrected chi connectivity index (χ4v) is 5.25. The monoisotopic (exact) mass is 527 g/mol. The van der Waals surface area contributed by atoms with Crippen molar-refractivity contribution < 1.29 is 18.7 Å². The molecule has 38 heavy (non-hydrogen) atoms. The maximum atomic E-state index is 13.3. The second-order valence-electron chi connectivity index (χ2n) is 8.60. The molecule has 0 radical (unpaired) electrons. The first-order valence-electron chi connectivity index (χ1n) is 12.4. The molecule has 1 aliphatic heterocycles. The van der Waals surface area contributed by atoms with Crippen molar-refractivity contribution in [1.29, 1.82) is 5.26 Å². The molecule has 2 heterocycles. The van der Waals surface area contributed by atoms with E-state index in [4.69, 9.17) is 9.15 Å². The number of anilines is 1. The number of aryl methyl sites for hydroxylation is 2. The topological polar surface area (TPSA) is 104 Å². The zero-order valence-electron chi connectivity index (χ0n) is 21.5. The molecule has 1 aromatic heterocycles. The number of carbonyl (C=O) groups is 2. The number of ether oxygens (including phenoxy) is 1. The number of allylic oxidation sites excluding steroid dienone is 1. The van der Waals surface area contributed by atoms with E-state index in [2.05, 4.69) is 16.7 Å². The third-order valence-corrected chi connectivity index (χ3v) is 7.20. The van der Waals surface area contributed by atoms with Gasteiger partial charge in [-0.15, -0.1) is 0 Å². The number of benzene rings is 2. The first-order valence-corrected chi connectivity index (χ1v) is 13.4. The second kappa shape index (κ2) is 12.3. The molecule has 0 saturated carbocycles. The summed E-state index contributed by atoms with van der Waals surface area (Å²) in [5.74, 6) is -1.02. The van der Waals surface area contributed by atoms with Gasteiger partial charge in [-0.25, -0.2) is 4.79 Å². The standard InChI is InChI=1S/C30H29N3O4S/c1-4-20-14-9-11-19(3)27(20)32-24(34)18-38-29-22(17-31)25(23-15-10-16-37-23)26(30(35)36-5-2)28(33-29)21-12-7-6-8-13-21/h6-16,25,33H,4-5,18H2,1-3H3,(H,32,34)/t25-/m1/s1. The molecule has 0 saturated heterocycles. The third kappa shape index (κ3) is 5.68. The molecular formula is C30H29N3O4S. The van der Waals surface area contributed by atoms with Gasteiger partial charge in [-0.3, -0.25) is 4.79 Å². The Balaban J connectivity index is 1.71. The van der Waals surface area contributed by atoms with Crippen molar-refractivity contribution in [3.8, 4) is 6.07 Å². The summed E-state index contributed by atoms with van der Waals surface area (Å²) >= 11 is 1.21. The van der Waals surface area contributed by atoms with Gasteiger partial charge in [0.2, 0.25) is 5.91 Å². The van der Waals surface area contributed by atoms with Crippen LogP contribution in [0.1, 0.15) is 42.2 Å². The number of amides is 1. The van der Waals surface area contributed by atoms with Crippen molar-refractivity contribution in [2.45, 2.75) is 33.1 Å². The van der Waals surface area contributed by atoms with Crippen molar-refractivity contribution in [3.63, 3.8) is 0 Å². The van der Waals surface area contributed by atoms with Gasteiger partial charge in [0.05, 0.1) is 52.5 Å². The first-order chi connectivity index (χ1) is 18.5. The highest BCUT2D eigenvalue weighted by atomic mass is 32.2. The van der Waals surface area contributed by atoms with Gasteiger partial charge in [0.15, 0.2) is 0 Å². The van der Waals surface area contributed by atoms with Crippen LogP contribution in [0, 0.1) is 18.3 Å². The van der Waals surface area contributed by atoms with E-state index in [0.717, 1.165) is 28.8 Å². The Morgan fingerprint density at radius 2 is 1.89 bits per heavy atom. The van der Waals surface area contributed by atoms with E-state index in [1.54, 1.807) is 19.1 Å². The fourth-order valence-electron chi connectivity index (χ4n) is 4.41. The van der Waals surface area contributed by atoms with Crippen LogP contribution in [0.3, 0.4) is 0 Å². The molecular weight excluding hydrogens is 498 g/mol. The van der Waals surface area contributed by atoms with Gasteiger partial charge in [0.1, 0.15) is 5.76 Å². The molecule has 8 heteroatoms. The van der Waals surface area contributed by atoms with E-state index in [1.807, 2.05) is 62.4 Å². The van der Waals surface area contributed by atoms with Crippen LogP contribution in [-0.2, 0) is 20.7 Å². The minimum atomic E-state index is -0.792. The number of dihydropyridines is 1. The maximum absolute atomic E-state index is 13.3. The summed E-state index contributed by atoms with van der Waals surface area (Å²) in [6.45, 7) is 5.92. The van der Waals surface area contributed by atoms with E-state index in [9.17, 15) is 14.9 Å². The molecule has 7 nitrogen and oxygen atoms in total. The summed E-state index contributed by atoms with van der Waals surface area (Å²) in [4.78, 5) is 26.3. The summed E-state index contributed by atoms with van der Waals surface area (Å²) in [5, 5.41) is 17.0. The van der Waals surface area contributed by atoms with Gasteiger partial charge in [0.25, 0.3) is 0 Å². The smallest absolute Gasteiger partial charge is 0.337 e. The van der Waals surface area contributed by atoms with Crippen LogP contribution in [0.15, 0.2) is 87.5 Å². The second-order valence-corrected chi connectivity index (χ2v) is 9.59. The Morgan fingerprint density at radius 1 is 1.11 bits per heavy atom. The molecule has 1 amide bonds. The largest absolute Gasteiger partial charge is 0.468 e. The van der Waals surface area contributed by atoms with Crippen molar-refractivity contribution in [2.24, 2.45) is 0 Å². The van der Waals surface area contributed by atoms with Crippen LogP contribution in [0.5, 0.6) is 0 Å². The van der Waals surface area contributed by atoms with Gasteiger partial charge in [0, 0.05) is 5.69 Å². The van der Waals surface area contributed by atoms with Gasteiger partial charge in [-0.2, -0.15) is 5.26 Å². The zero-order valence-corrected chi connectivity index (χ0v) is 22.4. The summed E-state index contributed by atoms with van der Waals surface area (Å²) in [5.41, 5.74) is 4.69. The fraction of sp³-hybridized carbons (Fsp3) is 0.233. The van der Waals surface area contributed by atoms with E-state index in [1.165, 1.54) is 18.0 Å². The zero-order chi connectivity index (χ0) is 27.1. The van der Waals surface area contributed by atoms with Crippen molar-refractivity contribution in [3.05, 3.63) is 106 Å². The van der Waals surface area contributed by atoms with Crippen LogP contribution in [0.4, 0.5) is 5.69 Å². The predicted octanol–water partition coefficient (Wildman–Crippen LogP) is 5.92. The molecule has 1 atom stereocenters. The van der Waals surface area contributed by atoms with Crippen LogP contribution in [-0.4, -0.2) is 24.2 Å². The lowest BCUT2D eigenvalue weighted by molar-refractivity contribution is -0.138. The Morgan fingerprint density at radius 3 is 2.55 bits per heavy atom. The number of esters is 1. The van der Waals surface area contributed by atoms with Crippen LogP contribution >= 0.6 is 11.8 Å². The van der Waals surface area contributed by atoms with E-state index in [-0.39, 0.29) is 29.4 Å². The van der Waals surface area contributed by atoms with Crippen molar-refractivity contribution in [2.75, 3.05) is 17.7 Å². The highest BCUT2D eigenvalue weighted by molar-refractivity contribution is 8.03. The minimum Gasteiger partial charge on any atom is -0.468 e. The number of thioether (sulfide) groups is 1. The quantitative estimate of drug-likeness (QED) is 0.333. The number of furan rings is 1. The molecule has 1 aliphatic rings. The molecule has 0 unspecified atom stereocenters. The number of carbonyl (C=O) groups excluding carboxylic acids is 2. The molecule has 4 rings (SSSR count). The molecule has 0 bridgehead atoms. The summed E-state index contributed by atoms with van der Waals surface area (Å²) < 4.78 is 11.1. The number of hydrogen-bond donors (Lipinski definition) is 2. The van der Waals surface area contributed by atoms with E-state index < -0.39 is 11.9 Å². The van der Waals surface area contributed by atoms with Crippen molar-refractivity contribution in [1.82, 2.24) is 5.32 Å². The minimum absolute atomic E-state index is 0.0622. The summed E-state index contributed by atoms with van der Waals surface area (Å²) in [6.07, 6.45) is 2.30. The highest BCUT2D eigenvalue weighted by Crippen LogP contribution is 2.43. The Labute approximate surface area is 226 Å². The van der Waals surface area contributed by atoms with E-state index in [0.29, 0.717) is 16.5 Å². The van der Waals surface area contributed by atoms with Crippen molar-refractivity contribution >= 4 is 35.0 Å². The van der Waals surface area contributed by atoms with Gasteiger partial charge in [-0.1, -0.05) is 67.2 Å². The van der Waals surface area contributed by atoms with Crippen LogP contribution in [0.2, 0.25) is 0 Å². The predicted molar refractivity (Wildman–Crippen MR) is 149 cm³/mol. The average molecular weight is 528 g/mol. The summed E-state index contributed by atoms with van der Waals surface area (Å²) in [6, 6.07) is 21.0. The van der Waals surface area contributed by atoms with Crippen LogP contribution < -0.4 is 10.6 Å². The highest BCUT2D eigenvalue weighted by Gasteiger charge is 2.39. The number of para-hydroxylation sites is 1. The normalized spacial score (nSPS) is 15.1. The molecule has 0 spiro atoms. The lowest BCUT2D eigenvalue weighted by Gasteiger charge is -2.29. The van der Waals surface area contributed by atoms with E-state index >= 15 is 0 Å². The summed E-state index contributed by atoms with van der Waals surface area (Å²) in [7, 11) is 0. The molecule has 0 fully saturated rings. The Bertz CT molecular complexity index is 1420. The Kier molecular flexibility index (Phi) is 8.72. The van der Waals surface area contributed by atoms with Gasteiger partial charge >= 0.3 is 5.97 Å². The average Bonchev–Trinajstić information content (AvgIpc) is 3.47. The molecule has 2 aromatic carbocycles. The maximum Gasteiger partial charge on any atom is 0.337 e. The first kappa shape index (κ1) is 26.8. The van der Waals surface area contributed by atoms with Crippen LogP contribution in [0.25, 0.3) is 5.70 Å². The number of nitrogens with zero attached hydrogens (tertiary/aromatic N) is 1.